The highest BCUT2D eigenvalue weighted by Crippen LogP contribution is 2.21. The van der Waals surface area contributed by atoms with Gasteiger partial charge in [0.05, 0.1) is 16.2 Å². The first-order valence-corrected chi connectivity index (χ1v) is 7.35. The van der Waals surface area contributed by atoms with Gasteiger partial charge in [-0.2, -0.15) is 0 Å². The van der Waals surface area contributed by atoms with Crippen molar-refractivity contribution in [1.82, 2.24) is 0 Å². The molecule has 104 valence electrons. The lowest BCUT2D eigenvalue weighted by molar-refractivity contribution is 0.0692. The van der Waals surface area contributed by atoms with Crippen LogP contribution in [0.5, 0.6) is 0 Å². The van der Waals surface area contributed by atoms with Crippen LogP contribution in [-0.4, -0.2) is 19.5 Å². The zero-order chi connectivity index (χ0) is 14.8. The van der Waals surface area contributed by atoms with Gasteiger partial charge in [0.25, 0.3) is 0 Å². The lowest BCUT2D eigenvalue weighted by Crippen LogP contribution is -2.11. The van der Waals surface area contributed by atoms with Crippen molar-refractivity contribution in [2.45, 2.75) is 10.6 Å². The van der Waals surface area contributed by atoms with Crippen molar-refractivity contribution in [3.8, 4) is 0 Å². The fourth-order valence-electron chi connectivity index (χ4n) is 1.81. The van der Waals surface area contributed by atoms with E-state index in [4.69, 9.17) is 5.11 Å². The van der Waals surface area contributed by atoms with Crippen molar-refractivity contribution in [3.63, 3.8) is 0 Å². The monoisotopic (exact) mass is 294 g/mol. The Morgan fingerprint density at radius 3 is 2.35 bits per heavy atom. The van der Waals surface area contributed by atoms with Gasteiger partial charge >= 0.3 is 5.97 Å². The molecule has 0 aliphatic carbocycles. The summed E-state index contributed by atoms with van der Waals surface area (Å²) in [6.07, 6.45) is 0. The molecule has 2 aromatic carbocycles. The topological polar surface area (TPSA) is 71.4 Å². The molecule has 0 saturated heterocycles. The summed E-state index contributed by atoms with van der Waals surface area (Å²) in [5.41, 5.74) is -0.0194. The quantitative estimate of drug-likeness (QED) is 0.879. The molecular formula is C14H11FO4S. The molecule has 0 radical (unpaired) electrons. The highest BCUT2D eigenvalue weighted by atomic mass is 32.2. The van der Waals surface area contributed by atoms with Gasteiger partial charge in [-0.3, -0.25) is 0 Å². The summed E-state index contributed by atoms with van der Waals surface area (Å²) in [5, 5.41) is 8.99. The maximum atomic E-state index is 13.1. The molecule has 0 fully saturated rings. The summed E-state index contributed by atoms with van der Waals surface area (Å²) >= 11 is 0. The van der Waals surface area contributed by atoms with Gasteiger partial charge in [0.1, 0.15) is 5.82 Å². The van der Waals surface area contributed by atoms with Gasteiger partial charge in [0.15, 0.2) is 9.84 Å². The van der Waals surface area contributed by atoms with E-state index in [1.807, 2.05) is 0 Å². The minimum absolute atomic E-state index is 0.334. The average molecular weight is 294 g/mol. The third-order valence-electron chi connectivity index (χ3n) is 2.71. The maximum absolute atomic E-state index is 13.1. The van der Waals surface area contributed by atoms with Crippen LogP contribution in [0.1, 0.15) is 15.9 Å². The molecule has 0 amide bonds. The average Bonchev–Trinajstić information content (AvgIpc) is 2.38. The summed E-state index contributed by atoms with van der Waals surface area (Å²) in [6, 6.07) is 11.0. The number of rotatable bonds is 4. The lowest BCUT2D eigenvalue weighted by Gasteiger charge is -2.08. The zero-order valence-electron chi connectivity index (χ0n) is 10.3. The van der Waals surface area contributed by atoms with Crippen LogP contribution in [0.3, 0.4) is 0 Å². The predicted octanol–water partition coefficient (Wildman–Crippen LogP) is 2.50. The van der Waals surface area contributed by atoms with Crippen LogP contribution in [0.15, 0.2) is 53.4 Å². The van der Waals surface area contributed by atoms with Gasteiger partial charge in [0.2, 0.25) is 0 Å². The second-order valence-electron chi connectivity index (χ2n) is 4.19. The molecular weight excluding hydrogens is 283 g/mol. The molecule has 0 aliphatic heterocycles. The number of aromatic carboxylic acids is 1. The second kappa shape index (κ2) is 5.42. The van der Waals surface area contributed by atoms with Crippen LogP contribution in [0.2, 0.25) is 0 Å². The van der Waals surface area contributed by atoms with E-state index in [9.17, 15) is 17.6 Å². The molecule has 4 nitrogen and oxygen atoms in total. The molecule has 0 aliphatic rings. The number of carboxylic acid groups (broad SMARTS) is 1. The largest absolute Gasteiger partial charge is 0.478 e. The highest BCUT2D eigenvalue weighted by molar-refractivity contribution is 7.90. The Balaban J connectivity index is 2.47. The van der Waals surface area contributed by atoms with Crippen LogP contribution in [0.4, 0.5) is 4.39 Å². The molecule has 0 aromatic heterocycles. The molecule has 0 spiro atoms. The van der Waals surface area contributed by atoms with E-state index < -0.39 is 27.2 Å². The Labute approximate surface area is 115 Å². The molecule has 2 aromatic rings. The molecule has 2 rings (SSSR count). The van der Waals surface area contributed by atoms with Crippen LogP contribution >= 0.6 is 0 Å². The van der Waals surface area contributed by atoms with E-state index in [2.05, 4.69) is 0 Å². The standard InChI is InChI=1S/C14H11FO4S/c15-11-6-7-13(12(8-11)14(16)17)20(18,19)9-10-4-2-1-3-5-10/h1-8H,9H2,(H,16,17). The number of sulfone groups is 1. The summed E-state index contributed by atoms with van der Waals surface area (Å²) in [7, 11) is -3.85. The first-order valence-electron chi connectivity index (χ1n) is 5.70. The summed E-state index contributed by atoms with van der Waals surface area (Å²) in [4.78, 5) is 10.7. The van der Waals surface area contributed by atoms with Crippen molar-refractivity contribution < 1.29 is 22.7 Å². The molecule has 0 saturated carbocycles. The lowest BCUT2D eigenvalue weighted by atomic mass is 10.2. The van der Waals surface area contributed by atoms with E-state index in [1.54, 1.807) is 30.3 Å². The van der Waals surface area contributed by atoms with Gasteiger partial charge < -0.3 is 5.11 Å². The van der Waals surface area contributed by atoms with E-state index in [1.165, 1.54) is 0 Å². The molecule has 1 N–H and O–H groups in total. The smallest absolute Gasteiger partial charge is 0.337 e. The third kappa shape index (κ3) is 3.03. The normalized spacial score (nSPS) is 11.2. The van der Waals surface area contributed by atoms with E-state index in [-0.39, 0.29) is 10.6 Å². The number of hydrogen-bond donors (Lipinski definition) is 1. The van der Waals surface area contributed by atoms with Gasteiger partial charge in [-0.1, -0.05) is 30.3 Å². The van der Waals surface area contributed by atoms with Gasteiger partial charge in [-0.05, 0) is 23.8 Å². The van der Waals surface area contributed by atoms with Crippen molar-refractivity contribution in [3.05, 3.63) is 65.5 Å². The number of benzene rings is 2. The minimum atomic E-state index is -3.85. The molecule has 20 heavy (non-hydrogen) atoms. The second-order valence-corrected chi connectivity index (χ2v) is 6.15. The van der Waals surface area contributed by atoms with E-state index in [0.29, 0.717) is 11.6 Å². The Hall–Kier alpha value is -2.21. The number of halogens is 1. The van der Waals surface area contributed by atoms with E-state index in [0.717, 1.165) is 12.1 Å². The summed E-state index contributed by atoms with van der Waals surface area (Å²) < 4.78 is 37.6. The molecule has 0 atom stereocenters. The first-order chi connectivity index (χ1) is 9.40. The van der Waals surface area contributed by atoms with Crippen LogP contribution in [0.25, 0.3) is 0 Å². The SMILES string of the molecule is O=C(O)c1cc(F)ccc1S(=O)(=O)Cc1ccccc1. The summed E-state index contributed by atoms with van der Waals surface area (Å²) in [5.74, 6) is -2.60. The third-order valence-corrected chi connectivity index (χ3v) is 4.45. The van der Waals surface area contributed by atoms with E-state index >= 15 is 0 Å². The minimum Gasteiger partial charge on any atom is -0.478 e. The van der Waals surface area contributed by atoms with Crippen molar-refractivity contribution >= 4 is 15.8 Å². The molecule has 0 heterocycles. The van der Waals surface area contributed by atoms with Crippen LogP contribution in [-0.2, 0) is 15.6 Å². The Bertz CT molecular complexity index is 739. The highest BCUT2D eigenvalue weighted by Gasteiger charge is 2.23. The fraction of sp³-hybridized carbons (Fsp3) is 0.0714. The van der Waals surface area contributed by atoms with Crippen molar-refractivity contribution in [2.75, 3.05) is 0 Å². The van der Waals surface area contributed by atoms with Crippen LogP contribution in [0, 0.1) is 5.82 Å². The summed E-state index contributed by atoms with van der Waals surface area (Å²) in [6.45, 7) is 0. The molecule has 0 unspecified atom stereocenters. The molecule has 0 bridgehead atoms. The zero-order valence-corrected chi connectivity index (χ0v) is 11.1. The number of hydrogen-bond acceptors (Lipinski definition) is 3. The van der Waals surface area contributed by atoms with Crippen molar-refractivity contribution in [1.29, 1.82) is 0 Å². The molecule has 6 heteroatoms. The van der Waals surface area contributed by atoms with Gasteiger partial charge in [-0.25, -0.2) is 17.6 Å². The Morgan fingerprint density at radius 2 is 1.75 bits per heavy atom. The van der Waals surface area contributed by atoms with Crippen LogP contribution < -0.4 is 0 Å². The maximum Gasteiger partial charge on any atom is 0.337 e. The Morgan fingerprint density at radius 1 is 1.10 bits per heavy atom. The number of carbonyl (C=O) groups is 1. The van der Waals surface area contributed by atoms with Gasteiger partial charge in [0, 0.05) is 0 Å². The predicted molar refractivity (Wildman–Crippen MR) is 70.7 cm³/mol. The fourth-order valence-corrected chi connectivity index (χ4v) is 3.36. The van der Waals surface area contributed by atoms with Crippen molar-refractivity contribution in [2.24, 2.45) is 0 Å². The number of carboxylic acids is 1. The first kappa shape index (κ1) is 14.2. The van der Waals surface area contributed by atoms with Gasteiger partial charge in [-0.15, -0.1) is 0 Å². The Kier molecular flexibility index (Phi) is 3.85.